The number of H-pyrrole nitrogens is 1. The van der Waals surface area contributed by atoms with Crippen LogP contribution >= 0.6 is 0 Å². The van der Waals surface area contributed by atoms with Gasteiger partial charge in [0.25, 0.3) is 11.5 Å². The molecule has 3 aromatic heterocycles. The van der Waals surface area contributed by atoms with Crippen LogP contribution in [0.15, 0.2) is 59.5 Å². The van der Waals surface area contributed by atoms with E-state index in [9.17, 15) is 9.59 Å². The minimum absolute atomic E-state index is 0.0535. The van der Waals surface area contributed by atoms with Crippen molar-refractivity contribution in [3.63, 3.8) is 0 Å². The average molecular weight is 577 g/mol. The maximum Gasteiger partial charge on any atom is 0.272 e. The average Bonchev–Trinajstić information content (AvgIpc) is 3.44. The van der Waals surface area contributed by atoms with Gasteiger partial charge in [-0.2, -0.15) is 10.4 Å². The van der Waals surface area contributed by atoms with Crippen molar-refractivity contribution >= 4 is 16.7 Å². The first-order valence-electron chi connectivity index (χ1n) is 14.0. The Morgan fingerprint density at radius 3 is 2.74 bits per heavy atom. The third kappa shape index (κ3) is 4.99. The fraction of sp³-hybridized carbons (Fsp3) is 0.258. The smallest absolute Gasteiger partial charge is 0.272 e. The van der Waals surface area contributed by atoms with Gasteiger partial charge >= 0.3 is 0 Å². The van der Waals surface area contributed by atoms with Crippen LogP contribution in [0.25, 0.3) is 22.3 Å². The van der Waals surface area contributed by atoms with E-state index < -0.39 is 11.7 Å². The second-order valence-corrected chi connectivity index (χ2v) is 10.7. The SMILES string of the molecule is N#Cc1ccc(-c2nnc3n2CCN(C(=O)c2cc(Cc4n[nH]c(=O)c5ccc(OC6CCC6)cc45)ccc2F)C3)nc1. The molecule has 43 heavy (non-hydrogen) atoms. The number of rotatable bonds is 6. The van der Waals surface area contributed by atoms with Crippen LogP contribution in [-0.4, -0.2) is 53.4 Å². The van der Waals surface area contributed by atoms with Crippen molar-refractivity contribution in [2.45, 2.75) is 44.9 Å². The molecular weight excluding hydrogens is 551 g/mol. The highest BCUT2D eigenvalue weighted by atomic mass is 19.1. The summed E-state index contributed by atoms with van der Waals surface area (Å²) in [7, 11) is 0. The molecule has 1 aliphatic carbocycles. The topological polar surface area (TPSA) is 143 Å². The number of nitriles is 1. The zero-order valence-corrected chi connectivity index (χ0v) is 23.0. The van der Waals surface area contributed by atoms with Gasteiger partial charge in [0.2, 0.25) is 0 Å². The van der Waals surface area contributed by atoms with E-state index in [0.717, 1.165) is 19.3 Å². The molecule has 1 aliphatic heterocycles. The number of ether oxygens (including phenoxy) is 1. The van der Waals surface area contributed by atoms with E-state index in [-0.39, 0.29) is 30.2 Å². The molecule has 1 amide bonds. The number of hydrogen-bond donors (Lipinski definition) is 1. The van der Waals surface area contributed by atoms with Crippen LogP contribution in [0.2, 0.25) is 0 Å². The second-order valence-electron chi connectivity index (χ2n) is 10.7. The van der Waals surface area contributed by atoms with E-state index in [0.29, 0.717) is 63.8 Å². The third-order valence-electron chi connectivity index (χ3n) is 7.99. The zero-order valence-electron chi connectivity index (χ0n) is 23.0. The van der Waals surface area contributed by atoms with Crippen molar-refractivity contribution in [1.29, 1.82) is 5.26 Å². The van der Waals surface area contributed by atoms with E-state index in [1.54, 1.807) is 35.2 Å². The van der Waals surface area contributed by atoms with Crippen molar-refractivity contribution in [2.24, 2.45) is 0 Å². The summed E-state index contributed by atoms with van der Waals surface area (Å²) >= 11 is 0. The zero-order chi connectivity index (χ0) is 29.5. The molecular formula is C31H25FN8O3. The number of nitrogens with one attached hydrogen (secondary N) is 1. The van der Waals surface area contributed by atoms with Gasteiger partial charge in [-0.15, -0.1) is 10.2 Å². The number of fused-ring (bicyclic) bond motifs is 2. The van der Waals surface area contributed by atoms with Gasteiger partial charge in [-0.3, -0.25) is 14.6 Å². The van der Waals surface area contributed by atoms with E-state index in [2.05, 4.69) is 25.4 Å². The summed E-state index contributed by atoms with van der Waals surface area (Å²) in [5.74, 6) is 0.695. The van der Waals surface area contributed by atoms with Crippen molar-refractivity contribution in [2.75, 3.05) is 6.54 Å². The number of halogens is 1. The predicted octanol–water partition coefficient (Wildman–Crippen LogP) is 3.77. The molecule has 2 aliphatic rings. The Labute approximate surface area is 244 Å². The molecule has 1 saturated carbocycles. The molecule has 0 radical (unpaired) electrons. The Kier molecular flexibility index (Phi) is 6.62. The van der Waals surface area contributed by atoms with Crippen LogP contribution in [0.4, 0.5) is 4.39 Å². The molecule has 5 aromatic rings. The van der Waals surface area contributed by atoms with Crippen LogP contribution < -0.4 is 10.3 Å². The Morgan fingerprint density at radius 2 is 1.98 bits per heavy atom. The minimum atomic E-state index is -0.626. The van der Waals surface area contributed by atoms with Crippen molar-refractivity contribution in [1.82, 2.24) is 34.8 Å². The first kappa shape index (κ1) is 26.5. The van der Waals surface area contributed by atoms with E-state index in [1.807, 2.05) is 16.7 Å². The largest absolute Gasteiger partial charge is 0.490 e. The summed E-state index contributed by atoms with van der Waals surface area (Å²) in [4.78, 5) is 31.8. The van der Waals surface area contributed by atoms with Gasteiger partial charge in [-0.25, -0.2) is 9.49 Å². The molecule has 12 heteroatoms. The third-order valence-corrected chi connectivity index (χ3v) is 7.99. The van der Waals surface area contributed by atoms with Crippen LogP contribution in [0.5, 0.6) is 5.75 Å². The van der Waals surface area contributed by atoms with Gasteiger partial charge in [0.15, 0.2) is 11.6 Å². The monoisotopic (exact) mass is 576 g/mol. The number of pyridine rings is 1. The molecule has 2 aromatic carbocycles. The summed E-state index contributed by atoms with van der Waals surface area (Å²) < 4.78 is 22.9. The molecule has 0 spiro atoms. The molecule has 7 rings (SSSR count). The fourth-order valence-corrected chi connectivity index (χ4v) is 5.41. The Bertz CT molecular complexity index is 1970. The molecule has 1 N–H and O–H groups in total. The molecule has 1 fully saturated rings. The quantitative estimate of drug-likeness (QED) is 0.322. The van der Waals surface area contributed by atoms with Crippen LogP contribution in [0.3, 0.4) is 0 Å². The van der Waals surface area contributed by atoms with Gasteiger partial charge in [-0.1, -0.05) is 6.07 Å². The Balaban J connectivity index is 1.12. The van der Waals surface area contributed by atoms with Gasteiger partial charge in [0, 0.05) is 31.1 Å². The lowest BCUT2D eigenvalue weighted by Crippen LogP contribution is -2.39. The summed E-state index contributed by atoms with van der Waals surface area (Å²) in [5, 5.41) is 25.5. The number of benzene rings is 2. The molecule has 0 atom stereocenters. The van der Waals surface area contributed by atoms with E-state index in [1.165, 1.54) is 18.3 Å². The minimum Gasteiger partial charge on any atom is -0.490 e. The number of aromatic amines is 1. The summed E-state index contributed by atoms with van der Waals surface area (Å²) in [5.41, 5.74) is 1.91. The number of carbonyl (C=O) groups excluding carboxylic acids is 1. The molecule has 214 valence electrons. The first-order valence-corrected chi connectivity index (χ1v) is 14.0. The van der Waals surface area contributed by atoms with Gasteiger partial charge < -0.3 is 14.2 Å². The van der Waals surface area contributed by atoms with Crippen LogP contribution in [0.1, 0.15) is 52.3 Å². The van der Waals surface area contributed by atoms with Crippen molar-refractivity contribution < 1.29 is 13.9 Å². The van der Waals surface area contributed by atoms with E-state index >= 15 is 4.39 Å². The summed E-state index contributed by atoms with van der Waals surface area (Å²) in [6.07, 6.45) is 5.09. The fourth-order valence-electron chi connectivity index (χ4n) is 5.41. The second kappa shape index (κ2) is 10.8. The molecule has 0 saturated heterocycles. The van der Waals surface area contributed by atoms with E-state index in [4.69, 9.17) is 10.00 Å². The Morgan fingerprint density at radius 1 is 1.09 bits per heavy atom. The lowest BCUT2D eigenvalue weighted by Gasteiger charge is -2.28. The summed E-state index contributed by atoms with van der Waals surface area (Å²) in [6, 6.07) is 15.2. The Hall–Kier alpha value is -5.44. The number of aromatic nitrogens is 6. The predicted molar refractivity (Wildman–Crippen MR) is 153 cm³/mol. The van der Waals surface area contributed by atoms with Crippen LogP contribution in [-0.2, 0) is 19.5 Å². The lowest BCUT2D eigenvalue weighted by atomic mass is 9.96. The van der Waals surface area contributed by atoms with Gasteiger partial charge in [0.1, 0.15) is 23.3 Å². The summed E-state index contributed by atoms with van der Waals surface area (Å²) in [6.45, 7) is 0.888. The number of hydrogen-bond acceptors (Lipinski definition) is 8. The lowest BCUT2D eigenvalue weighted by molar-refractivity contribution is 0.0703. The highest BCUT2D eigenvalue weighted by molar-refractivity contribution is 5.95. The van der Waals surface area contributed by atoms with Gasteiger partial charge in [0.05, 0.1) is 34.9 Å². The van der Waals surface area contributed by atoms with Crippen molar-refractivity contribution in [3.05, 3.63) is 99.1 Å². The maximum atomic E-state index is 15.0. The highest BCUT2D eigenvalue weighted by Gasteiger charge is 2.28. The molecule has 0 unspecified atom stereocenters. The normalized spacial score (nSPS) is 14.7. The van der Waals surface area contributed by atoms with Gasteiger partial charge in [-0.05, 0) is 67.3 Å². The number of amides is 1. The highest BCUT2D eigenvalue weighted by Crippen LogP contribution is 2.29. The standard InChI is InChI=1S/C31H25FN8O3/c32-25-8-4-18(13-27-23-14-21(43-20-2-1-3-20)6-7-22(23)30(41)38-35-27)12-24(25)31(42)39-10-11-40-28(17-39)36-37-29(40)26-9-5-19(15-33)16-34-26/h4-9,12,14,16,20H,1-3,10-11,13,17H2,(H,38,41). The van der Waals surface area contributed by atoms with Crippen LogP contribution in [0, 0.1) is 17.1 Å². The number of carbonyl (C=O) groups is 1. The maximum absolute atomic E-state index is 15.0. The molecule has 11 nitrogen and oxygen atoms in total. The molecule has 4 heterocycles. The number of nitrogens with zero attached hydrogens (tertiary/aromatic N) is 7. The molecule has 0 bridgehead atoms. The van der Waals surface area contributed by atoms with Crippen molar-refractivity contribution in [3.8, 4) is 23.3 Å². The first-order chi connectivity index (χ1) is 21.0.